The number of anilines is 1. The lowest BCUT2D eigenvalue weighted by Crippen LogP contribution is -2.04. The number of hydrogen-bond acceptors (Lipinski definition) is 1. The van der Waals surface area contributed by atoms with Crippen molar-refractivity contribution in [1.29, 1.82) is 0 Å². The predicted octanol–water partition coefficient (Wildman–Crippen LogP) is 4.87. The van der Waals surface area contributed by atoms with Gasteiger partial charge in [0.25, 0.3) is 0 Å². The molecule has 1 nitrogen and oxygen atoms in total. The van der Waals surface area contributed by atoms with E-state index in [4.69, 9.17) is 0 Å². The van der Waals surface area contributed by atoms with E-state index in [2.05, 4.69) is 5.32 Å². The molecule has 0 bridgehead atoms. The Hall–Kier alpha value is -2.49. The van der Waals surface area contributed by atoms with Crippen LogP contribution in [0.1, 0.15) is 5.56 Å². The molecule has 0 saturated heterocycles. The van der Waals surface area contributed by atoms with Crippen LogP contribution in [0.15, 0.2) is 54.6 Å². The zero-order valence-electron chi connectivity index (χ0n) is 11.0. The Morgan fingerprint density at radius 2 is 1.43 bits per heavy atom. The number of nitrogens with one attached hydrogen (secondary N) is 1. The maximum atomic E-state index is 13.5. The molecule has 0 atom stereocenters. The summed E-state index contributed by atoms with van der Waals surface area (Å²) in [5, 5.41) is 4.82. The summed E-state index contributed by atoms with van der Waals surface area (Å²) in [5.41, 5.74) is 0.571. The average molecular weight is 287 g/mol. The number of hydrogen-bond donors (Lipinski definition) is 1. The zero-order valence-corrected chi connectivity index (χ0v) is 11.0. The van der Waals surface area contributed by atoms with Crippen molar-refractivity contribution in [2.45, 2.75) is 6.54 Å². The molecule has 3 aromatic rings. The second-order valence-corrected chi connectivity index (χ2v) is 4.78. The van der Waals surface area contributed by atoms with Crippen molar-refractivity contribution in [1.82, 2.24) is 0 Å². The van der Waals surface area contributed by atoms with Crippen molar-refractivity contribution in [3.8, 4) is 0 Å². The summed E-state index contributed by atoms with van der Waals surface area (Å²) in [4.78, 5) is 0. The normalized spacial score (nSPS) is 10.8. The number of halogens is 3. The molecule has 4 heteroatoms. The molecule has 0 aliphatic heterocycles. The first-order valence-electron chi connectivity index (χ1n) is 6.49. The number of rotatable bonds is 3. The van der Waals surface area contributed by atoms with Gasteiger partial charge in [0.15, 0.2) is 11.6 Å². The highest BCUT2D eigenvalue weighted by Gasteiger charge is 2.11. The molecule has 0 aliphatic rings. The lowest BCUT2D eigenvalue weighted by Gasteiger charge is -2.10. The molecule has 0 amide bonds. The molecule has 3 rings (SSSR count). The summed E-state index contributed by atoms with van der Waals surface area (Å²) >= 11 is 0. The van der Waals surface area contributed by atoms with Crippen molar-refractivity contribution >= 4 is 16.5 Å². The van der Waals surface area contributed by atoms with Gasteiger partial charge in [-0.05, 0) is 22.4 Å². The molecule has 106 valence electrons. The van der Waals surface area contributed by atoms with Gasteiger partial charge in [-0.2, -0.15) is 0 Å². The maximum absolute atomic E-state index is 13.5. The van der Waals surface area contributed by atoms with E-state index in [0.29, 0.717) is 12.1 Å². The minimum Gasteiger partial charge on any atom is -0.376 e. The van der Waals surface area contributed by atoms with E-state index in [1.807, 2.05) is 42.5 Å². The van der Waals surface area contributed by atoms with Gasteiger partial charge in [0.2, 0.25) is 0 Å². The third-order valence-corrected chi connectivity index (χ3v) is 3.29. The molecule has 0 saturated carbocycles. The fourth-order valence-electron chi connectivity index (χ4n) is 2.25. The summed E-state index contributed by atoms with van der Waals surface area (Å²) in [6, 6.07) is 14.9. The van der Waals surface area contributed by atoms with Gasteiger partial charge in [-0.25, -0.2) is 13.2 Å². The number of benzene rings is 3. The van der Waals surface area contributed by atoms with Gasteiger partial charge in [-0.1, -0.05) is 36.4 Å². The van der Waals surface area contributed by atoms with Gasteiger partial charge in [0, 0.05) is 18.7 Å². The zero-order chi connectivity index (χ0) is 14.8. The van der Waals surface area contributed by atoms with E-state index in [1.54, 1.807) is 0 Å². The molecular weight excluding hydrogens is 275 g/mol. The van der Waals surface area contributed by atoms with Gasteiger partial charge < -0.3 is 5.32 Å². The van der Waals surface area contributed by atoms with Gasteiger partial charge in [0.1, 0.15) is 11.5 Å². The van der Waals surface area contributed by atoms with Crippen LogP contribution in [0.3, 0.4) is 0 Å². The highest BCUT2D eigenvalue weighted by atomic mass is 19.1. The second-order valence-electron chi connectivity index (χ2n) is 4.78. The molecule has 0 unspecified atom stereocenters. The molecule has 0 spiro atoms. The summed E-state index contributed by atoms with van der Waals surface area (Å²) in [6.07, 6.45) is 0. The van der Waals surface area contributed by atoms with Crippen LogP contribution in [0, 0.1) is 17.5 Å². The van der Waals surface area contributed by atoms with Crippen LogP contribution < -0.4 is 5.32 Å². The molecule has 1 N–H and O–H groups in total. The van der Waals surface area contributed by atoms with Crippen LogP contribution in [0.25, 0.3) is 10.8 Å². The van der Waals surface area contributed by atoms with Crippen molar-refractivity contribution in [2.75, 3.05) is 5.32 Å². The van der Waals surface area contributed by atoms with Crippen molar-refractivity contribution in [3.05, 3.63) is 77.6 Å². The average Bonchev–Trinajstić information content (AvgIpc) is 2.46. The third-order valence-electron chi connectivity index (χ3n) is 3.29. The van der Waals surface area contributed by atoms with E-state index < -0.39 is 17.5 Å². The highest BCUT2D eigenvalue weighted by molar-refractivity contribution is 5.83. The first-order valence-corrected chi connectivity index (χ1v) is 6.49. The highest BCUT2D eigenvalue weighted by Crippen LogP contribution is 2.22. The summed E-state index contributed by atoms with van der Waals surface area (Å²) in [5.74, 6) is -2.80. The quantitative estimate of drug-likeness (QED) is 0.724. The summed E-state index contributed by atoms with van der Waals surface area (Å²) in [7, 11) is 0. The van der Waals surface area contributed by atoms with Gasteiger partial charge in [-0.3, -0.25) is 0 Å². The Morgan fingerprint density at radius 3 is 2.14 bits per heavy atom. The molecule has 0 aromatic heterocycles. The Kier molecular flexibility index (Phi) is 3.52. The van der Waals surface area contributed by atoms with Crippen LogP contribution in [0.4, 0.5) is 18.9 Å². The molecule has 0 radical (unpaired) electrons. The lowest BCUT2D eigenvalue weighted by atomic mass is 10.1. The van der Waals surface area contributed by atoms with E-state index in [9.17, 15) is 13.2 Å². The standard InChI is InChI=1S/C17H12F3N/c18-14-8-15(19)17(16(20)9-14)21-10-11-5-6-12-3-1-2-4-13(12)7-11/h1-9,21H,10H2. The molecule has 0 fully saturated rings. The Labute approximate surface area is 120 Å². The van der Waals surface area contributed by atoms with E-state index in [1.165, 1.54) is 0 Å². The van der Waals surface area contributed by atoms with Crippen molar-refractivity contribution < 1.29 is 13.2 Å². The largest absolute Gasteiger partial charge is 0.376 e. The fourth-order valence-corrected chi connectivity index (χ4v) is 2.25. The molecule has 3 aromatic carbocycles. The van der Waals surface area contributed by atoms with Crippen LogP contribution in [-0.4, -0.2) is 0 Å². The van der Waals surface area contributed by atoms with Crippen LogP contribution in [-0.2, 0) is 6.54 Å². The van der Waals surface area contributed by atoms with Crippen LogP contribution in [0.2, 0.25) is 0 Å². The van der Waals surface area contributed by atoms with Crippen molar-refractivity contribution in [3.63, 3.8) is 0 Å². The Morgan fingerprint density at radius 1 is 0.762 bits per heavy atom. The van der Waals surface area contributed by atoms with Crippen LogP contribution in [0.5, 0.6) is 0 Å². The second kappa shape index (κ2) is 5.48. The van der Waals surface area contributed by atoms with Crippen LogP contribution >= 0.6 is 0 Å². The predicted molar refractivity (Wildman–Crippen MR) is 77.6 cm³/mol. The van der Waals surface area contributed by atoms with E-state index in [-0.39, 0.29) is 12.2 Å². The first-order chi connectivity index (χ1) is 10.1. The number of fused-ring (bicyclic) bond motifs is 1. The monoisotopic (exact) mass is 287 g/mol. The third kappa shape index (κ3) is 2.84. The first kappa shape index (κ1) is 13.5. The van der Waals surface area contributed by atoms with E-state index >= 15 is 0 Å². The lowest BCUT2D eigenvalue weighted by molar-refractivity contribution is 0.547. The van der Waals surface area contributed by atoms with Gasteiger partial charge >= 0.3 is 0 Å². The van der Waals surface area contributed by atoms with Gasteiger partial charge in [-0.15, -0.1) is 0 Å². The molecule has 0 heterocycles. The summed E-state index contributed by atoms with van der Waals surface area (Å²) < 4.78 is 39.9. The minimum atomic E-state index is -0.937. The smallest absolute Gasteiger partial charge is 0.152 e. The molecule has 21 heavy (non-hydrogen) atoms. The Bertz CT molecular complexity index is 776. The topological polar surface area (TPSA) is 12.0 Å². The molecule has 0 aliphatic carbocycles. The van der Waals surface area contributed by atoms with Gasteiger partial charge in [0.05, 0.1) is 0 Å². The fraction of sp³-hybridized carbons (Fsp3) is 0.0588. The summed E-state index contributed by atoms with van der Waals surface area (Å²) in [6.45, 7) is 0.254. The minimum absolute atomic E-state index is 0.254. The Balaban J connectivity index is 1.83. The molecular formula is C17H12F3N. The van der Waals surface area contributed by atoms with E-state index in [0.717, 1.165) is 16.3 Å². The SMILES string of the molecule is Fc1cc(F)c(NCc2ccc3ccccc3c2)c(F)c1. The maximum Gasteiger partial charge on any atom is 0.152 e. The van der Waals surface area contributed by atoms with Crippen molar-refractivity contribution in [2.24, 2.45) is 0 Å².